The van der Waals surface area contributed by atoms with Gasteiger partial charge in [-0.2, -0.15) is 0 Å². The molecule has 5 heterocycles. The van der Waals surface area contributed by atoms with Gasteiger partial charge < -0.3 is 29.6 Å². The average Bonchev–Trinajstić information content (AvgIpc) is 3.14. The van der Waals surface area contributed by atoms with Gasteiger partial charge in [-0.1, -0.05) is 6.92 Å². The second kappa shape index (κ2) is 8.85. The third-order valence-corrected chi connectivity index (χ3v) is 7.98. The van der Waals surface area contributed by atoms with Crippen LogP contribution in [-0.2, 0) is 33.1 Å². The maximum atomic E-state index is 15.0. The summed E-state index contributed by atoms with van der Waals surface area (Å²) in [5.74, 6) is -1.35. The van der Waals surface area contributed by atoms with E-state index in [0.717, 1.165) is 0 Å². The standard InChI is InChI=1S/C28H28FN3O7/c1-4-28(37)16-8-20-24-14(10-32(20)26(35)15(16)11-39-27(28)36)22-18(30-21(34)7-12(2)33)5-6-38-25-13(3)17(29)9-19(31-24)23(22)25/h8-9,12,18,33,37H,4-7,10-11H2,1-3H3,(H,30,34)/t12-,18+,28+/m1/s1. The van der Waals surface area contributed by atoms with Gasteiger partial charge in [0.25, 0.3) is 5.56 Å². The first-order valence-corrected chi connectivity index (χ1v) is 13.0. The fraction of sp³-hybridized carbons (Fsp3) is 0.429. The Morgan fingerprint density at radius 2 is 2.08 bits per heavy atom. The first kappa shape index (κ1) is 25.4. The fourth-order valence-corrected chi connectivity index (χ4v) is 5.96. The highest BCUT2D eigenvalue weighted by molar-refractivity contribution is 5.95. The van der Waals surface area contributed by atoms with Gasteiger partial charge in [0, 0.05) is 34.6 Å². The molecule has 0 spiro atoms. The highest BCUT2D eigenvalue weighted by Crippen LogP contribution is 2.46. The Labute approximate surface area is 222 Å². The number of halogens is 1. The first-order valence-electron chi connectivity index (χ1n) is 13.0. The number of pyridine rings is 2. The van der Waals surface area contributed by atoms with Crippen molar-refractivity contribution in [1.82, 2.24) is 14.9 Å². The summed E-state index contributed by atoms with van der Waals surface area (Å²) in [5, 5.41) is 24.5. The van der Waals surface area contributed by atoms with E-state index in [2.05, 4.69) is 5.32 Å². The van der Waals surface area contributed by atoms with E-state index >= 15 is 4.39 Å². The third kappa shape index (κ3) is 3.67. The van der Waals surface area contributed by atoms with Crippen LogP contribution in [0, 0.1) is 12.7 Å². The van der Waals surface area contributed by atoms with Crippen LogP contribution in [-0.4, -0.2) is 44.4 Å². The van der Waals surface area contributed by atoms with Crippen LogP contribution in [0.4, 0.5) is 4.39 Å². The molecule has 11 heteroatoms. The number of nitrogens with zero attached hydrogens (tertiary/aromatic N) is 2. The number of ether oxygens (including phenoxy) is 2. The minimum Gasteiger partial charge on any atom is -0.492 e. The van der Waals surface area contributed by atoms with Gasteiger partial charge in [-0.25, -0.2) is 14.2 Å². The number of amides is 1. The molecule has 3 atom stereocenters. The van der Waals surface area contributed by atoms with Gasteiger partial charge in [0.1, 0.15) is 18.2 Å². The largest absolute Gasteiger partial charge is 0.492 e. The summed E-state index contributed by atoms with van der Waals surface area (Å²) >= 11 is 0. The number of hydrogen-bond acceptors (Lipinski definition) is 8. The summed E-state index contributed by atoms with van der Waals surface area (Å²) in [6.07, 6.45) is -0.561. The van der Waals surface area contributed by atoms with Gasteiger partial charge in [0.2, 0.25) is 5.91 Å². The fourth-order valence-electron chi connectivity index (χ4n) is 5.96. The molecule has 0 unspecified atom stereocenters. The van der Waals surface area contributed by atoms with Gasteiger partial charge in [-0.05, 0) is 31.9 Å². The van der Waals surface area contributed by atoms with Gasteiger partial charge >= 0.3 is 5.97 Å². The molecule has 0 saturated heterocycles. The smallest absolute Gasteiger partial charge is 0.343 e. The lowest BCUT2D eigenvalue weighted by molar-refractivity contribution is -0.172. The van der Waals surface area contributed by atoms with E-state index in [1.54, 1.807) is 19.9 Å². The molecule has 2 aromatic heterocycles. The van der Waals surface area contributed by atoms with E-state index in [4.69, 9.17) is 14.5 Å². The lowest BCUT2D eigenvalue weighted by atomic mass is 9.86. The number of aliphatic hydroxyl groups excluding tert-OH is 1. The van der Waals surface area contributed by atoms with Crippen LogP contribution < -0.4 is 15.6 Å². The maximum Gasteiger partial charge on any atom is 0.343 e. The van der Waals surface area contributed by atoms with Crippen LogP contribution in [0.1, 0.15) is 67.0 Å². The lowest BCUT2D eigenvalue weighted by Crippen LogP contribution is -2.44. The van der Waals surface area contributed by atoms with Crippen LogP contribution >= 0.6 is 0 Å². The molecule has 3 N–H and O–H groups in total. The highest BCUT2D eigenvalue weighted by Gasteiger charge is 2.46. The van der Waals surface area contributed by atoms with Gasteiger partial charge in [0.05, 0.1) is 54.2 Å². The zero-order valence-corrected chi connectivity index (χ0v) is 21.8. The van der Waals surface area contributed by atoms with Crippen molar-refractivity contribution in [2.75, 3.05) is 6.61 Å². The van der Waals surface area contributed by atoms with Crippen molar-refractivity contribution in [1.29, 1.82) is 0 Å². The molecule has 3 aromatic rings. The summed E-state index contributed by atoms with van der Waals surface area (Å²) in [5.41, 5.74) is 0.704. The van der Waals surface area contributed by atoms with Crippen molar-refractivity contribution in [2.24, 2.45) is 0 Å². The zero-order chi connectivity index (χ0) is 27.8. The number of benzene rings is 1. The molecule has 0 radical (unpaired) electrons. The molecule has 3 aliphatic rings. The number of rotatable bonds is 4. The second-order valence-corrected chi connectivity index (χ2v) is 10.5. The predicted molar refractivity (Wildman–Crippen MR) is 137 cm³/mol. The van der Waals surface area contributed by atoms with Gasteiger partial charge in [-0.3, -0.25) is 9.59 Å². The molecule has 0 fully saturated rings. The monoisotopic (exact) mass is 537 g/mol. The Morgan fingerprint density at radius 3 is 2.79 bits per heavy atom. The number of hydrogen-bond donors (Lipinski definition) is 3. The normalized spacial score (nSPS) is 21.8. The molecular formula is C28H28FN3O7. The number of carbonyl (C=O) groups excluding carboxylic acids is 2. The molecule has 204 valence electrons. The van der Waals surface area contributed by atoms with Crippen molar-refractivity contribution in [3.63, 3.8) is 0 Å². The first-order chi connectivity index (χ1) is 18.5. The summed E-state index contributed by atoms with van der Waals surface area (Å²) in [6.45, 7) is 4.83. The number of carbonyl (C=O) groups is 2. The third-order valence-electron chi connectivity index (χ3n) is 7.98. The maximum absolute atomic E-state index is 15.0. The van der Waals surface area contributed by atoms with E-state index < -0.39 is 35.1 Å². The number of aromatic nitrogens is 2. The van der Waals surface area contributed by atoms with Crippen LogP contribution in [0.15, 0.2) is 16.9 Å². The molecule has 1 aromatic carbocycles. The van der Waals surface area contributed by atoms with Gasteiger partial charge in [0.15, 0.2) is 5.60 Å². The number of nitrogens with one attached hydrogen (secondary N) is 1. The molecule has 0 saturated carbocycles. The molecule has 1 amide bonds. The number of aliphatic hydroxyl groups is 2. The van der Waals surface area contributed by atoms with E-state index in [-0.39, 0.29) is 49.6 Å². The van der Waals surface area contributed by atoms with Crippen molar-refractivity contribution in [3.05, 3.63) is 56.1 Å². The molecule has 0 bridgehead atoms. The summed E-state index contributed by atoms with van der Waals surface area (Å²) in [7, 11) is 0. The molecular weight excluding hydrogens is 509 g/mol. The SMILES string of the molecule is CC[C@@]1(O)C(=O)OCc2c1cc1n(c2=O)Cc2c-1nc1cc(F)c(C)c3c1c2[C@@H](NC(=O)C[C@@H](C)O)CCO3. The molecule has 3 aliphatic heterocycles. The van der Waals surface area contributed by atoms with Gasteiger partial charge in [-0.15, -0.1) is 0 Å². The quantitative estimate of drug-likeness (QED) is 0.337. The van der Waals surface area contributed by atoms with E-state index in [0.29, 0.717) is 51.2 Å². The van der Waals surface area contributed by atoms with Crippen molar-refractivity contribution >= 4 is 22.8 Å². The number of fused-ring (bicyclic) bond motifs is 5. The van der Waals surface area contributed by atoms with Crippen molar-refractivity contribution in [2.45, 2.75) is 70.9 Å². The van der Waals surface area contributed by atoms with Crippen molar-refractivity contribution < 1.29 is 33.7 Å². The Kier molecular flexibility index (Phi) is 5.78. The zero-order valence-electron chi connectivity index (χ0n) is 21.8. The molecule has 10 nitrogen and oxygen atoms in total. The highest BCUT2D eigenvalue weighted by atomic mass is 19.1. The van der Waals surface area contributed by atoms with Crippen LogP contribution in [0.25, 0.3) is 22.3 Å². The minimum atomic E-state index is -1.98. The Bertz CT molecular complexity index is 1650. The minimum absolute atomic E-state index is 0.00750. The number of cyclic esters (lactones) is 1. The topological polar surface area (TPSA) is 140 Å². The second-order valence-electron chi connectivity index (χ2n) is 10.5. The lowest BCUT2D eigenvalue weighted by Gasteiger charge is -2.31. The summed E-state index contributed by atoms with van der Waals surface area (Å²) < 4.78 is 27.6. The van der Waals surface area contributed by atoms with Crippen molar-refractivity contribution in [3.8, 4) is 17.1 Å². The Hall–Kier alpha value is -3.83. The van der Waals surface area contributed by atoms with E-state index in [1.807, 2.05) is 0 Å². The Balaban J connectivity index is 1.63. The summed E-state index contributed by atoms with van der Waals surface area (Å²) in [6, 6.07) is 2.34. The van der Waals surface area contributed by atoms with E-state index in [1.165, 1.54) is 17.6 Å². The van der Waals surface area contributed by atoms with Crippen LogP contribution in [0.5, 0.6) is 5.75 Å². The van der Waals surface area contributed by atoms with E-state index in [9.17, 15) is 24.6 Å². The number of esters is 1. The molecule has 39 heavy (non-hydrogen) atoms. The average molecular weight is 538 g/mol. The van der Waals surface area contributed by atoms with Crippen LogP contribution in [0.2, 0.25) is 0 Å². The summed E-state index contributed by atoms with van der Waals surface area (Å²) in [4.78, 5) is 43.7. The predicted octanol–water partition coefficient (Wildman–Crippen LogP) is 2.24. The van der Waals surface area contributed by atoms with Crippen LogP contribution in [0.3, 0.4) is 0 Å². The molecule has 0 aliphatic carbocycles. The Morgan fingerprint density at radius 1 is 1.31 bits per heavy atom. The molecule has 6 rings (SSSR count).